The fraction of sp³-hybridized carbons (Fsp3) is 0.286. The first-order chi connectivity index (χ1) is 9.72. The monoisotopic (exact) mass is 276 g/mol. The van der Waals surface area contributed by atoms with Crippen LogP contribution in [-0.2, 0) is 0 Å². The van der Waals surface area contributed by atoms with Crippen molar-refractivity contribution in [3.05, 3.63) is 36.4 Å². The second kappa shape index (κ2) is 6.18. The number of benzene rings is 1. The Labute approximate surface area is 117 Å². The number of halogens is 1. The molecule has 0 fully saturated rings. The second-order valence-corrected chi connectivity index (χ2v) is 4.02. The standard InChI is InChI=1S/C14H17FN4O/c1-4-19(11-8-6-5-7-10(11)15)14-12(20-3)13(16-2)17-9-18-14/h5-9H,4H2,1-3H3,(H,16,17,18). The molecule has 0 saturated carbocycles. The number of nitrogens with one attached hydrogen (secondary N) is 1. The van der Waals surface area contributed by atoms with Crippen molar-refractivity contribution in [2.24, 2.45) is 0 Å². The van der Waals surface area contributed by atoms with Crippen molar-refractivity contribution in [3.8, 4) is 5.75 Å². The summed E-state index contributed by atoms with van der Waals surface area (Å²) in [7, 11) is 3.28. The van der Waals surface area contributed by atoms with Gasteiger partial charge < -0.3 is 15.0 Å². The van der Waals surface area contributed by atoms with Gasteiger partial charge in [-0.2, -0.15) is 0 Å². The first kappa shape index (κ1) is 14.0. The fourth-order valence-corrected chi connectivity index (χ4v) is 2.03. The minimum Gasteiger partial charge on any atom is -0.490 e. The SMILES string of the molecule is CCN(c1ccccc1F)c1ncnc(NC)c1OC. The molecule has 106 valence electrons. The van der Waals surface area contributed by atoms with E-state index in [2.05, 4.69) is 15.3 Å². The number of aromatic nitrogens is 2. The van der Waals surface area contributed by atoms with Crippen molar-refractivity contribution in [1.29, 1.82) is 0 Å². The Morgan fingerprint density at radius 2 is 2.05 bits per heavy atom. The molecular weight excluding hydrogens is 259 g/mol. The van der Waals surface area contributed by atoms with Gasteiger partial charge in [0.1, 0.15) is 12.1 Å². The van der Waals surface area contributed by atoms with Crippen LogP contribution < -0.4 is 15.0 Å². The zero-order valence-corrected chi connectivity index (χ0v) is 11.7. The average molecular weight is 276 g/mol. The number of anilines is 3. The average Bonchev–Trinajstić information content (AvgIpc) is 2.49. The van der Waals surface area contributed by atoms with Gasteiger partial charge in [0, 0.05) is 13.6 Å². The molecule has 1 aromatic heterocycles. The third-order valence-corrected chi connectivity index (χ3v) is 2.94. The van der Waals surface area contributed by atoms with E-state index in [4.69, 9.17) is 4.74 Å². The topological polar surface area (TPSA) is 50.3 Å². The second-order valence-electron chi connectivity index (χ2n) is 4.02. The molecule has 20 heavy (non-hydrogen) atoms. The van der Waals surface area contributed by atoms with Crippen LogP contribution in [0.3, 0.4) is 0 Å². The van der Waals surface area contributed by atoms with Gasteiger partial charge in [0.05, 0.1) is 12.8 Å². The first-order valence-corrected chi connectivity index (χ1v) is 6.31. The van der Waals surface area contributed by atoms with Crippen molar-refractivity contribution in [3.63, 3.8) is 0 Å². The van der Waals surface area contributed by atoms with Crippen LogP contribution in [0.15, 0.2) is 30.6 Å². The summed E-state index contributed by atoms with van der Waals surface area (Å²) in [5.41, 5.74) is 0.453. The highest BCUT2D eigenvalue weighted by molar-refractivity contribution is 5.71. The Morgan fingerprint density at radius 3 is 2.65 bits per heavy atom. The van der Waals surface area contributed by atoms with Crippen LogP contribution in [0, 0.1) is 5.82 Å². The van der Waals surface area contributed by atoms with Crippen LogP contribution >= 0.6 is 0 Å². The van der Waals surface area contributed by atoms with Gasteiger partial charge in [-0.1, -0.05) is 12.1 Å². The zero-order chi connectivity index (χ0) is 14.5. The van der Waals surface area contributed by atoms with E-state index >= 15 is 0 Å². The number of hydrogen-bond donors (Lipinski definition) is 1. The third-order valence-electron chi connectivity index (χ3n) is 2.94. The summed E-state index contributed by atoms with van der Waals surface area (Å²) in [4.78, 5) is 10.1. The summed E-state index contributed by atoms with van der Waals surface area (Å²) in [5.74, 6) is 1.27. The summed E-state index contributed by atoms with van der Waals surface area (Å²) < 4.78 is 19.3. The van der Waals surface area contributed by atoms with Crippen LogP contribution in [0.2, 0.25) is 0 Å². The molecule has 0 aliphatic heterocycles. The van der Waals surface area contributed by atoms with Crippen LogP contribution in [0.4, 0.5) is 21.7 Å². The normalized spacial score (nSPS) is 10.2. The molecule has 0 aliphatic rings. The van der Waals surface area contributed by atoms with Crippen molar-refractivity contribution in [2.45, 2.75) is 6.92 Å². The lowest BCUT2D eigenvalue weighted by molar-refractivity contribution is 0.413. The predicted molar refractivity (Wildman–Crippen MR) is 77.2 cm³/mol. The molecule has 0 radical (unpaired) electrons. The van der Waals surface area contributed by atoms with Crippen LogP contribution in [-0.4, -0.2) is 30.7 Å². The van der Waals surface area contributed by atoms with Gasteiger partial charge >= 0.3 is 0 Å². The highest BCUT2D eigenvalue weighted by Gasteiger charge is 2.20. The van der Waals surface area contributed by atoms with Crippen LogP contribution in [0.5, 0.6) is 5.75 Å². The van der Waals surface area contributed by atoms with E-state index < -0.39 is 0 Å². The molecule has 0 saturated heterocycles. The lowest BCUT2D eigenvalue weighted by atomic mass is 10.2. The van der Waals surface area contributed by atoms with Gasteiger partial charge in [0.15, 0.2) is 11.6 Å². The third kappa shape index (κ3) is 2.49. The van der Waals surface area contributed by atoms with Gasteiger partial charge in [0.2, 0.25) is 5.75 Å². The molecule has 0 amide bonds. The van der Waals surface area contributed by atoms with Crippen molar-refractivity contribution in [1.82, 2.24) is 9.97 Å². The van der Waals surface area contributed by atoms with E-state index in [1.54, 1.807) is 30.1 Å². The van der Waals surface area contributed by atoms with Gasteiger partial charge in [-0.3, -0.25) is 0 Å². The maximum atomic E-state index is 14.0. The smallest absolute Gasteiger partial charge is 0.204 e. The number of methoxy groups -OCH3 is 1. The molecule has 5 nitrogen and oxygen atoms in total. The largest absolute Gasteiger partial charge is 0.490 e. The summed E-state index contributed by atoms with van der Waals surface area (Å²) >= 11 is 0. The number of para-hydroxylation sites is 1. The quantitative estimate of drug-likeness (QED) is 0.910. The number of ether oxygens (including phenoxy) is 1. The zero-order valence-electron chi connectivity index (χ0n) is 11.7. The number of hydrogen-bond acceptors (Lipinski definition) is 5. The molecule has 6 heteroatoms. The number of rotatable bonds is 5. The molecule has 1 N–H and O–H groups in total. The summed E-state index contributed by atoms with van der Waals surface area (Å²) in [6, 6.07) is 6.57. The molecule has 1 aromatic carbocycles. The molecule has 0 aliphatic carbocycles. The van der Waals surface area contributed by atoms with Crippen molar-refractivity contribution >= 4 is 17.3 Å². The minimum absolute atomic E-state index is 0.305. The van der Waals surface area contributed by atoms with E-state index in [0.29, 0.717) is 29.6 Å². The Kier molecular flexibility index (Phi) is 4.34. The Bertz CT molecular complexity index is 591. The molecule has 2 aromatic rings. The van der Waals surface area contributed by atoms with Crippen LogP contribution in [0.1, 0.15) is 6.92 Å². The van der Waals surface area contributed by atoms with E-state index in [-0.39, 0.29) is 5.82 Å². The Morgan fingerprint density at radius 1 is 1.30 bits per heavy atom. The number of nitrogens with zero attached hydrogens (tertiary/aromatic N) is 3. The van der Waals surface area contributed by atoms with Crippen molar-refractivity contribution in [2.75, 3.05) is 30.9 Å². The molecule has 0 atom stereocenters. The van der Waals surface area contributed by atoms with Gasteiger partial charge in [-0.25, -0.2) is 14.4 Å². The molecule has 2 rings (SSSR count). The summed E-state index contributed by atoms with van der Waals surface area (Å²) in [6.45, 7) is 2.48. The van der Waals surface area contributed by atoms with Gasteiger partial charge in [-0.15, -0.1) is 0 Å². The summed E-state index contributed by atoms with van der Waals surface area (Å²) in [6.07, 6.45) is 1.42. The highest BCUT2D eigenvalue weighted by atomic mass is 19.1. The first-order valence-electron chi connectivity index (χ1n) is 6.31. The fourth-order valence-electron chi connectivity index (χ4n) is 2.03. The maximum Gasteiger partial charge on any atom is 0.204 e. The highest BCUT2D eigenvalue weighted by Crippen LogP contribution is 2.36. The molecular formula is C14H17FN4O. The van der Waals surface area contributed by atoms with Gasteiger partial charge in [-0.05, 0) is 19.1 Å². The molecule has 0 bridgehead atoms. The Hall–Kier alpha value is -2.37. The molecule has 0 spiro atoms. The van der Waals surface area contributed by atoms with Crippen LogP contribution in [0.25, 0.3) is 0 Å². The Balaban J connectivity index is 2.55. The van der Waals surface area contributed by atoms with E-state index in [1.807, 2.05) is 6.92 Å². The molecule has 1 heterocycles. The maximum absolute atomic E-state index is 14.0. The summed E-state index contributed by atoms with van der Waals surface area (Å²) in [5, 5.41) is 2.94. The van der Waals surface area contributed by atoms with Crippen molar-refractivity contribution < 1.29 is 9.13 Å². The lowest BCUT2D eigenvalue weighted by Crippen LogP contribution is -2.20. The van der Waals surface area contributed by atoms with E-state index in [0.717, 1.165) is 0 Å². The van der Waals surface area contributed by atoms with Gasteiger partial charge in [0.25, 0.3) is 0 Å². The van der Waals surface area contributed by atoms with E-state index in [9.17, 15) is 4.39 Å². The van der Waals surface area contributed by atoms with E-state index in [1.165, 1.54) is 19.5 Å². The molecule has 0 unspecified atom stereocenters. The predicted octanol–water partition coefficient (Wildman–Crippen LogP) is 2.82. The minimum atomic E-state index is -0.305. The lowest BCUT2D eigenvalue weighted by Gasteiger charge is -2.24.